The maximum atomic E-state index is 12.8. The molecule has 6 heteroatoms. The van der Waals surface area contributed by atoms with Crippen LogP contribution in [-0.4, -0.2) is 37.9 Å². The molecular weight excluding hydrogens is 302 g/mol. The minimum Gasteiger partial charge on any atom is -0.465 e. The Hall–Kier alpha value is -1.40. The second-order valence-electron chi connectivity index (χ2n) is 5.38. The van der Waals surface area contributed by atoms with E-state index in [-0.39, 0.29) is 11.5 Å². The van der Waals surface area contributed by atoms with Crippen molar-refractivity contribution in [2.75, 3.05) is 13.2 Å². The maximum Gasteiger partial charge on any atom is 0.324 e. The standard InChI is InChI=1S/C16H23NO4S/c1-3-13-8-10-14(11-9-13)22(19,20)17-12-6-5-7-15(17)16(18)21-4-2/h8-11,15H,3-7,12H2,1-2H3. The molecule has 1 fully saturated rings. The predicted molar refractivity (Wildman–Crippen MR) is 84.0 cm³/mol. The van der Waals surface area contributed by atoms with Crippen LogP contribution < -0.4 is 0 Å². The zero-order valence-corrected chi connectivity index (χ0v) is 13.9. The number of piperidine rings is 1. The number of benzene rings is 1. The lowest BCUT2D eigenvalue weighted by atomic mass is 10.1. The van der Waals surface area contributed by atoms with E-state index in [1.807, 2.05) is 19.1 Å². The van der Waals surface area contributed by atoms with Crippen molar-refractivity contribution >= 4 is 16.0 Å². The van der Waals surface area contributed by atoms with E-state index in [9.17, 15) is 13.2 Å². The first-order chi connectivity index (χ1) is 10.5. The molecule has 2 rings (SSSR count). The molecule has 1 aliphatic rings. The third-order valence-electron chi connectivity index (χ3n) is 3.95. The smallest absolute Gasteiger partial charge is 0.324 e. The average molecular weight is 325 g/mol. The van der Waals surface area contributed by atoms with Gasteiger partial charge in [-0.1, -0.05) is 19.1 Å². The summed E-state index contributed by atoms with van der Waals surface area (Å²) in [5.41, 5.74) is 1.08. The molecule has 0 radical (unpaired) electrons. The second-order valence-corrected chi connectivity index (χ2v) is 7.27. The number of nitrogens with zero attached hydrogens (tertiary/aromatic N) is 1. The highest BCUT2D eigenvalue weighted by atomic mass is 32.2. The number of rotatable bonds is 5. The van der Waals surface area contributed by atoms with E-state index in [1.54, 1.807) is 19.1 Å². The molecule has 1 saturated heterocycles. The molecule has 0 N–H and O–H groups in total. The van der Waals surface area contributed by atoms with Crippen molar-refractivity contribution in [2.45, 2.75) is 50.5 Å². The summed E-state index contributed by atoms with van der Waals surface area (Å²) in [7, 11) is -3.67. The number of aryl methyl sites for hydroxylation is 1. The fraction of sp³-hybridized carbons (Fsp3) is 0.562. The van der Waals surface area contributed by atoms with Gasteiger partial charge in [-0.3, -0.25) is 4.79 Å². The van der Waals surface area contributed by atoms with Crippen molar-refractivity contribution in [2.24, 2.45) is 0 Å². The molecule has 0 aliphatic carbocycles. The van der Waals surface area contributed by atoms with E-state index < -0.39 is 22.0 Å². The lowest BCUT2D eigenvalue weighted by Gasteiger charge is -2.32. The molecular formula is C16H23NO4S. The first kappa shape index (κ1) is 17.0. The topological polar surface area (TPSA) is 63.7 Å². The highest BCUT2D eigenvalue weighted by Gasteiger charge is 2.38. The van der Waals surface area contributed by atoms with Crippen molar-refractivity contribution in [1.29, 1.82) is 0 Å². The van der Waals surface area contributed by atoms with Gasteiger partial charge in [0.15, 0.2) is 0 Å². The largest absolute Gasteiger partial charge is 0.465 e. The summed E-state index contributed by atoms with van der Waals surface area (Å²) in [5.74, 6) is -0.448. The number of sulfonamides is 1. The van der Waals surface area contributed by atoms with Crippen LogP contribution in [0.1, 0.15) is 38.7 Å². The third-order valence-corrected chi connectivity index (χ3v) is 5.87. The van der Waals surface area contributed by atoms with Crippen LogP contribution in [0.2, 0.25) is 0 Å². The normalized spacial score (nSPS) is 19.8. The highest BCUT2D eigenvalue weighted by molar-refractivity contribution is 7.89. The third kappa shape index (κ3) is 3.50. The highest BCUT2D eigenvalue weighted by Crippen LogP contribution is 2.26. The summed E-state index contributed by atoms with van der Waals surface area (Å²) >= 11 is 0. The van der Waals surface area contributed by atoms with E-state index >= 15 is 0 Å². The van der Waals surface area contributed by atoms with Crippen molar-refractivity contribution in [3.05, 3.63) is 29.8 Å². The first-order valence-corrected chi connectivity index (χ1v) is 9.22. The summed E-state index contributed by atoms with van der Waals surface area (Å²) in [5, 5.41) is 0. The van der Waals surface area contributed by atoms with Crippen molar-refractivity contribution < 1.29 is 17.9 Å². The van der Waals surface area contributed by atoms with Gasteiger partial charge in [-0.15, -0.1) is 0 Å². The molecule has 1 aromatic carbocycles. The average Bonchev–Trinajstić information content (AvgIpc) is 2.55. The molecule has 0 saturated carbocycles. The van der Waals surface area contributed by atoms with Gasteiger partial charge in [0.2, 0.25) is 10.0 Å². The van der Waals surface area contributed by atoms with Crippen LogP contribution >= 0.6 is 0 Å². The minimum atomic E-state index is -3.67. The van der Waals surface area contributed by atoms with Crippen LogP contribution in [0.25, 0.3) is 0 Å². The summed E-state index contributed by atoms with van der Waals surface area (Å²) in [6, 6.07) is 6.16. The van der Waals surface area contributed by atoms with Crippen LogP contribution in [0, 0.1) is 0 Å². The quantitative estimate of drug-likeness (QED) is 0.780. The Morgan fingerprint density at radius 3 is 2.50 bits per heavy atom. The zero-order chi connectivity index (χ0) is 16.2. The molecule has 0 spiro atoms. The van der Waals surface area contributed by atoms with Crippen LogP contribution in [0.5, 0.6) is 0 Å². The molecule has 0 amide bonds. The number of carbonyl (C=O) groups excluding carboxylic acids is 1. The Balaban J connectivity index is 2.29. The van der Waals surface area contributed by atoms with E-state index in [0.29, 0.717) is 13.0 Å². The fourth-order valence-corrected chi connectivity index (χ4v) is 4.35. The van der Waals surface area contributed by atoms with Crippen molar-refractivity contribution in [3.63, 3.8) is 0 Å². The van der Waals surface area contributed by atoms with Crippen LogP contribution in [-0.2, 0) is 26.0 Å². The number of ether oxygens (including phenoxy) is 1. The van der Waals surface area contributed by atoms with Gasteiger partial charge < -0.3 is 4.74 Å². The Morgan fingerprint density at radius 2 is 1.91 bits per heavy atom. The number of hydrogen-bond donors (Lipinski definition) is 0. The van der Waals surface area contributed by atoms with Gasteiger partial charge in [-0.25, -0.2) is 8.42 Å². The molecule has 0 aromatic heterocycles. The molecule has 1 aliphatic heterocycles. The number of esters is 1. The number of carbonyl (C=O) groups is 1. The molecule has 122 valence electrons. The van der Waals surface area contributed by atoms with Crippen LogP contribution in [0.15, 0.2) is 29.2 Å². The van der Waals surface area contributed by atoms with Crippen molar-refractivity contribution in [1.82, 2.24) is 4.31 Å². The summed E-state index contributed by atoms with van der Waals surface area (Å²) in [6.07, 6.45) is 2.98. The van der Waals surface area contributed by atoms with Gasteiger partial charge >= 0.3 is 5.97 Å². The molecule has 1 aromatic rings. The molecule has 1 unspecified atom stereocenters. The van der Waals surface area contributed by atoms with E-state index in [4.69, 9.17) is 4.74 Å². The molecule has 22 heavy (non-hydrogen) atoms. The molecule has 1 atom stereocenters. The molecule has 5 nitrogen and oxygen atoms in total. The Kier molecular flexibility index (Phi) is 5.58. The van der Waals surface area contributed by atoms with Gasteiger partial charge in [0.25, 0.3) is 0 Å². The monoisotopic (exact) mass is 325 g/mol. The van der Waals surface area contributed by atoms with E-state index in [0.717, 1.165) is 24.8 Å². The van der Waals surface area contributed by atoms with Crippen molar-refractivity contribution in [3.8, 4) is 0 Å². The number of hydrogen-bond acceptors (Lipinski definition) is 4. The zero-order valence-electron chi connectivity index (χ0n) is 13.1. The predicted octanol–water partition coefficient (Wildman–Crippen LogP) is 2.36. The van der Waals surface area contributed by atoms with Gasteiger partial charge in [-0.2, -0.15) is 4.31 Å². The summed E-state index contributed by atoms with van der Waals surface area (Å²) in [4.78, 5) is 12.3. The van der Waals surface area contributed by atoms with Gasteiger partial charge in [0.05, 0.1) is 11.5 Å². The lowest BCUT2D eigenvalue weighted by molar-refractivity contribution is -0.148. The maximum absolute atomic E-state index is 12.8. The second kappa shape index (κ2) is 7.24. The van der Waals surface area contributed by atoms with E-state index in [1.165, 1.54) is 4.31 Å². The van der Waals surface area contributed by atoms with Crippen LogP contribution in [0.3, 0.4) is 0 Å². The SMILES string of the molecule is CCOC(=O)C1CCCCN1S(=O)(=O)c1ccc(CC)cc1. The Morgan fingerprint density at radius 1 is 1.23 bits per heavy atom. The van der Waals surface area contributed by atoms with Gasteiger partial charge in [-0.05, 0) is 50.3 Å². The van der Waals surface area contributed by atoms with Gasteiger partial charge in [0.1, 0.15) is 6.04 Å². The fourth-order valence-electron chi connectivity index (χ4n) is 2.70. The van der Waals surface area contributed by atoms with Crippen LogP contribution in [0.4, 0.5) is 0 Å². The van der Waals surface area contributed by atoms with E-state index in [2.05, 4.69) is 0 Å². The summed E-state index contributed by atoms with van der Waals surface area (Å²) < 4.78 is 32.0. The Bertz CT molecular complexity index is 610. The summed E-state index contributed by atoms with van der Waals surface area (Å²) in [6.45, 7) is 4.36. The molecule has 1 heterocycles. The Labute approximate surface area is 132 Å². The first-order valence-electron chi connectivity index (χ1n) is 7.78. The minimum absolute atomic E-state index is 0.237. The molecule has 0 bridgehead atoms. The lowest BCUT2D eigenvalue weighted by Crippen LogP contribution is -2.48. The van der Waals surface area contributed by atoms with Gasteiger partial charge in [0, 0.05) is 6.54 Å².